The summed E-state index contributed by atoms with van der Waals surface area (Å²) in [6.45, 7) is 5.20. The van der Waals surface area contributed by atoms with Crippen molar-refractivity contribution in [1.29, 1.82) is 0 Å². The monoisotopic (exact) mass is 407 g/mol. The Morgan fingerprint density at radius 3 is 2.67 bits per heavy atom. The smallest absolute Gasteiger partial charge is 0.258 e. The summed E-state index contributed by atoms with van der Waals surface area (Å²) < 4.78 is 10.7. The van der Waals surface area contributed by atoms with Crippen molar-refractivity contribution >= 4 is 28.4 Å². The number of carbonyl (C=O) groups is 2. The first kappa shape index (κ1) is 19.9. The molecule has 0 bridgehead atoms. The summed E-state index contributed by atoms with van der Waals surface area (Å²) in [7, 11) is 0. The second-order valence-corrected chi connectivity index (χ2v) is 7.47. The number of carbonyl (C=O) groups excluding carboxylic acids is 2. The van der Waals surface area contributed by atoms with E-state index >= 15 is 0 Å². The summed E-state index contributed by atoms with van der Waals surface area (Å²) in [4.78, 5) is 27.7. The van der Waals surface area contributed by atoms with Gasteiger partial charge in [-0.2, -0.15) is 0 Å². The highest BCUT2D eigenvalue weighted by atomic mass is 16.5. The number of amides is 2. The molecular formula is C23H25N3O4. The first-order valence-corrected chi connectivity index (χ1v) is 10.2. The number of piperidine rings is 1. The quantitative estimate of drug-likeness (QED) is 0.690. The maximum absolute atomic E-state index is 13.4. The molecule has 1 N–H and O–H groups in total. The molecule has 2 heterocycles. The minimum absolute atomic E-state index is 0.0544. The van der Waals surface area contributed by atoms with Crippen molar-refractivity contribution in [3.63, 3.8) is 0 Å². The van der Waals surface area contributed by atoms with Gasteiger partial charge < -0.3 is 19.5 Å². The van der Waals surface area contributed by atoms with Crippen molar-refractivity contribution in [2.24, 2.45) is 5.92 Å². The zero-order chi connectivity index (χ0) is 21.1. The zero-order valence-electron chi connectivity index (χ0n) is 17.2. The SMILES string of the molecule is CCOc1ccc2ccccc2c1C(=O)N1CCC(C(=O)Nc2cc(C)on2)CC1. The topological polar surface area (TPSA) is 84.7 Å². The molecule has 0 unspecified atom stereocenters. The van der Waals surface area contributed by atoms with Crippen molar-refractivity contribution in [3.8, 4) is 5.75 Å². The Bertz CT molecular complexity index is 1070. The van der Waals surface area contributed by atoms with Crippen LogP contribution < -0.4 is 10.1 Å². The first-order valence-electron chi connectivity index (χ1n) is 10.2. The van der Waals surface area contributed by atoms with Crippen molar-refractivity contribution in [2.75, 3.05) is 25.0 Å². The molecule has 1 saturated heterocycles. The highest BCUT2D eigenvalue weighted by Crippen LogP contribution is 2.31. The Balaban J connectivity index is 1.48. The number of hydrogen-bond acceptors (Lipinski definition) is 5. The molecule has 1 fully saturated rings. The summed E-state index contributed by atoms with van der Waals surface area (Å²) in [5, 5.41) is 8.48. The summed E-state index contributed by atoms with van der Waals surface area (Å²) >= 11 is 0. The lowest BCUT2D eigenvalue weighted by atomic mass is 9.94. The Morgan fingerprint density at radius 1 is 1.20 bits per heavy atom. The Labute approximate surface area is 175 Å². The van der Waals surface area contributed by atoms with Gasteiger partial charge in [0.05, 0.1) is 12.2 Å². The molecule has 1 aliphatic rings. The Hall–Kier alpha value is -3.35. The van der Waals surface area contributed by atoms with E-state index in [1.165, 1.54) is 0 Å². The van der Waals surface area contributed by atoms with E-state index in [2.05, 4.69) is 10.5 Å². The third-order valence-electron chi connectivity index (χ3n) is 5.44. The molecule has 30 heavy (non-hydrogen) atoms. The lowest BCUT2D eigenvalue weighted by molar-refractivity contribution is -0.121. The fraction of sp³-hybridized carbons (Fsp3) is 0.348. The van der Waals surface area contributed by atoms with Crippen LogP contribution in [-0.2, 0) is 4.79 Å². The lowest BCUT2D eigenvalue weighted by Crippen LogP contribution is -2.41. The van der Waals surface area contributed by atoms with E-state index in [0.29, 0.717) is 55.4 Å². The van der Waals surface area contributed by atoms with Gasteiger partial charge in [0.2, 0.25) is 5.91 Å². The minimum Gasteiger partial charge on any atom is -0.493 e. The van der Waals surface area contributed by atoms with Gasteiger partial charge in [0.1, 0.15) is 11.5 Å². The van der Waals surface area contributed by atoms with Crippen LogP contribution in [0.4, 0.5) is 5.82 Å². The molecule has 1 aromatic heterocycles. The second-order valence-electron chi connectivity index (χ2n) is 7.47. The summed E-state index contributed by atoms with van der Waals surface area (Å²) in [6, 6.07) is 13.3. The Kier molecular flexibility index (Phi) is 5.70. The van der Waals surface area contributed by atoms with Gasteiger partial charge >= 0.3 is 0 Å². The van der Waals surface area contributed by atoms with Gasteiger partial charge in [-0.05, 0) is 43.5 Å². The number of rotatable bonds is 5. The number of hydrogen-bond donors (Lipinski definition) is 1. The molecule has 0 radical (unpaired) electrons. The van der Waals surface area contributed by atoms with Crippen LogP contribution in [0.2, 0.25) is 0 Å². The molecule has 0 spiro atoms. The van der Waals surface area contributed by atoms with Crippen LogP contribution in [0.25, 0.3) is 10.8 Å². The number of nitrogens with one attached hydrogen (secondary N) is 1. The van der Waals surface area contributed by atoms with Crippen LogP contribution in [-0.4, -0.2) is 41.6 Å². The maximum atomic E-state index is 13.4. The van der Waals surface area contributed by atoms with E-state index in [1.807, 2.05) is 48.2 Å². The third kappa shape index (κ3) is 4.01. The van der Waals surface area contributed by atoms with Crippen molar-refractivity contribution in [1.82, 2.24) is 10.1 Å². The van der Waals surface area contributed by atoms with E-state index in [1.54, 1.807) is 13.0 Å². The van der Waals surface area contributed by atoms with E-state index < -0.39 is 0 Å². The molecule has 0 aliphatic carbocycles. The predicted molar refractivity (Wildman–Crippen MR) is 114 cm³/mol. The molecule has 1 aliphatic heterocycles. The summed E-state index contributed by atoms with van der Waals surface area (Å²) in [5.41, 5.74) is 0.593. The highest BCUT2D eigenvalue weighted by molar-refractivity contribution is 6.09. The van der Waals surface area contributed by atoms with Crippen molar-refractivity contribution < 1.29 is 18.8 Å². The van der Waals surface area contributed by atoms with Gasteiger partial charge in [-0.1, -0.05) is 35.5 Å². The molecular weight excluding hydrogens is 382 g/mol. The van der Waals surface area contributed by atoms with Gasteiger partial charge in [0, 0.05) is 25.1 Å². The van der Waals surface area contributed by atoms with E-state index in [9.17, 15) is 9.59 Å². The average molecular weight is 407 g/mol. The number of likely N-dealkylation sites (tertiary alicyclic amines) is 1. The minimum atomic E-state index is -0.162. The van der Waals surface area contributed by atoms with E-state index in [-0.39, 0.29) is 17.7 Å². The largest absolute Gasteiger partial charge is 0.493 e. The lowest BCUT2D eigenvalue weighted by Gasteiger charge is -2.32. The number of aryl methyl sites for hydroxylation is 1. The zero-order valence-corrected chi connectivity index (χ0v) is 17.2. The van der Waals surface area contributed by atoms with Gasteiger partial charge in [0.15, 0.2) is 5.82 Å². The van der Waals surface area contributed by atoms with E-state index in [4.69, 9.17) is 9.26 Å². The molecule has 4 rings (SSSR count). The number of aromatic nitrogens is 1. The summed E-state index contributed by atoms with van der Waals surface area (Å²) in [5.74, 6) is 1.36. The molecule has 0 saturated carbocycles. The second kappa shape index (κ2) is 8.57. The molecule has 7 nitrogen and oxygen atoms in total. The normalized spacial score (nSPS) is 14.7. The highest BCUT2D eigenvalue weighted by Gasteiger charge is 2.30. The van der Waals surface area contributed by atoms with Crippen molar-refractivity contribution in [3.05, 3.63) is 53.8 Å². The number of nitrogens with zero attached hydrogens (tertiary/aromatic N) is 2. The number of benzene rings is 2. The fourth-order valence-electron chi connectivity index (χ4n) is 3.90. The molecule has 2 aromatic carbocycles. The van der Waals surface area contributed by atoms with Gasteiger partial charge in [-0.15, -0.1) is 0 Å². The van der Waals surface area contributed by atoms with Gasteiger partial charge in [-0.3, -0.25) is 9.59 Å². The van der Waals surface area contributed by atoms with Crippen LogP contribution in [0.15, 0.2) is 47.0 Å². The molecule has 156 valence electrons. The fourth-order valence-corrected chi connectivity index (χ4v) is 3.90. The van der Waals surface area contributed by atoms with Crippen LogP contribution in [0.3, 0.4) is 0 Å². The van der Waals surface area contributed by atoms with Gasteiger partial charge in [-0.25, -0.2) is 0 Å². The molecule has 0 atom stereocenters. The standard InChI is InChI=1S/C23H25N3O4/c1-3-29-19-9-8-16-6-4-5-7-18(16)21(19)23(28)26-12-10-17(11-13-26)22(27)24-20-14-15(2)30-25-20/h4-9,14,17H,3,10-13H2,1-2H3,(H,24,25,27). The first-order chi connectivity index (χ1) is 14.6. The van der Waals surface area contributed by atoms with Crippen molar-refractivity contribution in [2.45, 2.75) is 26.7 Å². The van der Waals surface area contributed by atoms with Crippen LogP contribution in [0.5, 0.6) is 5.75 Å². The molecule has 2 amide bonds. The van der Waals surface area contributed by atoms with Crippen LogP contribution >= 0.6 is 0 Å². The van der Waals surface area contributed by atoms with E-state index in [0.717, 1.165) is 10.8 Å². The van der Waals surface area contributed by atoms with Crippen LogP contribution in [0.1, 0.15) is 35.9 Å². The third-order valence-corrected chi connectivity index (χ3v) is 5.44. The number of ether oxygens (including phenoxy) is 1. The molecule has 3 aromatic rings. The number of anilines is 1. The predicted octanol–water partition coefficient (Wildman–Crippen LogP) is 4.03. The van der Waals surface area contributed by atoms with Crippen LogP contribution in [0, 0.1) is 12.8 Å². The van der Waals surface area contributed by atoms with Gasteiger partial charge in [0.25, 0.3) is 5.91 Å². The Morgan fingerprint density at radius 2 is 1.97 bits per heavy atom. The molecule has 7 heteroatoms. The average Bonchev–Trinajstić information content (AvgIpc) is 3.18. The maximum Gasteiger partial charge on any atom is 0.258 e. The number of fused-ring (bicyclic) bond motifs is 1. The summed E-state index contributed by atoms with van der Waals surface area (Å²) in [6.07, 6.45) is 1.20.